The van der Waals surface area contributed by atoms with Gasteiger partial charge in [0.1, 0.15) is 0 Å². The molecule has 0 saturated heterocycles. The number of halogens is 1. The average molecular weight is 357 g/mol. The van der Waals surface area contributed by atoms with Crippen LogP contribution in [0.3, 0.4) is 0 Å². The Kier molecular flexibility index (Phi) is 5.80. The Morgan fingerprint density at radius 3 is 2.10 bits per heavy atom. The Morgan fingerprint density at radius 2 is 1.62 bits per heavy atom. The van der Waals surface area contributed by atoms with Crippen molar-refractivity contribution in [2.45, 2.75) is 39.0 Å². The molecular weight excluding hydrogens is 332 g/mol. The second-order valence-corrected chi connectivity index (χ2v) is 6.54. The SMILES string of the molecule is COc1cc(C)cc(OC)c1OCC1(CBr)CCCCC1. The van der Waals surface area contributed by atoms with Crippen LogP contribution in [-0.2, 0) is 0 Å². The van der Waals surface area contributed by atoms with Crippen molar-refractivity contribution >= 4 is 15.9 Å². The van der Waals surface area contributed by atoms with Gasteiger partial charge in [-0.3, -0.25) is 0 Å². The summed E-state index contributed by atoms with van der Waals surface area (Å²) in [7, 11) is 3.34. The molecule has 2 rings (SSSR count). The zero-order valence-corrected chi connectivity index (χ0v) is 14.8. The number of hydrogen-bond acceptors (Lipinski definition) is 3. The van der Waals surface area contributed by atoms with Crippen LogP contribution in [0.15, 0.2) is 12.1 Å². The van der Waals surface area contributed by atoms with Crippen LogP contribution < -0.4 is 14.2 Å². The number of ether oxygens (including phenoxy) is 3. The van der Waals surface area contributed by atoms with Crippen molar-refractivity contribution in [2.24, 2.45) is 5.41 Å². The molecule has 4 heteroatoms. The molecule has 1 aromatic rings. The lowest BCUT2D eigenvalue weighted by atomic mass is 9.76. The molecule has 1 saturated carbocycles. The third-order valence-electron chi connectivity index (χ3n) is 4.33. The van der Waals surface area contributed by atoms with Crippen molar-refractivity contribution in [1.82, 2.24) is 0 Å². The van der Waals surface area contributed by atoms with Crippen LogP contribution in [0.25, 0.3) is 0 Å². The van der Waals surface area contributed by atoms with Crippen LogP contribution >= 0.6 is 15.9 Å². The fraction of sp³-hybridized carbons (Fsp3) is 0.647. The molecule has 1 aliphatic carbocycles. The highest BCUT2D eigenvalue weighted by molar-refractivity contribution is 9.09. The maximum atomic E-state index is 6.16. The first kappa shape index (κ1) is 16.5. The zero-order chi connectivity index (χ0) is 15.3. The predicted molar refractivity (Wildman–Crippen MR) is 89.1 cm³/mol. The van der Waals surface area contributed by atoms with E-state index < -0.39 is 0 Å². The standard InChI is InChI=1S/C17H25BrO3/c1-13-9-14(19-2)16(15(10-13)20-3)21-12-17(11-18)7-5-4-6-8-17/h9-10H,4-8,11-12H2,1-3H3. The first-order valence-electron chi connectivity index (χ1n) is 7.55. The van der Waals surface area contributed by atoms with E-state index in [4.69, 9.17) is 14.2 Å². The van der Waals surface area contributed by atoms with Crippen molar-refractivity contribution in [3.8, 4) is 17.2 Å². The first-order chi connectivity index (χ1) is 10.1. The Balaban J connectivity index is 2.18. The molecule has 0 aliphatic heterocycles. The van der Waals surface area contributed by atoms with Gasteiger partial charge in [0.15, 0.2) is 11.5 Å². The van der Waals surface area contributed by atoms with Gasteiger partial charge in [-0.2, -0.15) is 0 Å². The van der Waals surface area contributed by atoms with Gasteiger partial charge < -0.3 is 14.2 Å². The number of methoxy groups -OCH3 is 2. The molecular formula is C17H25BrO3. The molecule has 1 fully saturated rings. The molecule has 3 nitrogen and oxygen atoms in total. The largest absolute Gasteiger partial charge is 0.493 e. The minimum absolute atomic E-state index is 0.235. The molecule has 0 amide bonds. The molecule has 0 atom stereocenters. The molecule has 0 aromatic heterocycles. The van der Waals surface area contributed by atoms with E-state index in [9.17, 15) is 0 Å². The van der Waals surface area contributed by atoms with E-state index in [1.165, 1.54) is 32.1 Å². The maximum Gasteiger partial charge on any atom is 0.203 e. The normalized spacial score (nSPS) is 17.3. The van der Waals surface area contributed by atoms with Crippen LogP contribution in [-0.4, -0.2) is 26.2 Å². The monoisotopic (exact) mass is 356 g/mol. The van der Waals surface area contributed by atoms with Gasteiger partial charge in [0.2, 0.25) is 5.75 Å². The Morgan fingerprint density at radius 1 is 1.05 bits per heavy atom. The van der Waals surface area contributed by atoms with Gasteiger partial charge in [0.05, 0.1) is 20.8 Å². The van der Waals surface area contributed by atoms with E-state index in [-0.39, 0.29) is 5.41 Å². The van der Waals surface area contributed by atoms with Crippen LogP contribution in [0.5, 0.6) is 17.2 Å². The van der Waals surface area contributed by atoms with E-state index in [1.807, 2.05) is 19.1 Å². The van der Waals surface area contributed by atoms with Crippen LogP contribution in [0.1, 0.15) is 37.7 Å². The van der Waals surface area contributed by atoms with Crippen molar-refractivity contribution in [1.29, 1.82) is 0 Å². The van der Waals surface area contributed by atoms with Crippen LogP contribution in [0.4, 0.5) is 0 Å². The fourth-order valence-corrected chi connectivity index (χ4v) is 3.72. The molecule has 0 N–H and O–H groups in total. The molecule has 0 unspecified atom stereocenters. The molecule has 0 spiro atoms. The maximum absolute atomic E-state index is 6.16. The summed E-state index contributed by atoms with van der Waals surface area (Å²) in [5.41, 5.74) is 1.34. The summed E-state index contributed by atoms with van der Waals surface area (Å²) in [5.74, 6) is 2.20. The summed E-state index contributed by atoms with van der Waals surface area (Å²) < 4.78 is 17.1. The van der Waals surface area contributed by atoms with Gasteiger partial charge in [-0.15, -0.1) is 0 Å². The molecule has 1 aliphatic rings. The minimum atomic E-state index is 0.235. The van der Waals surface area contributed by atoms with Crippen LogP contribution in [0.2, 0.25) is 0 Å². The third kappa shape index (κ3) is 3.85. The summed E-state index contributed by atoms with van der Waals surface area (Å²) in [4.78, 5) is 0. The Bertz CT molecular complexity index is 442. The average Bonchev–Trinajstić information content (AvgIpc) is 2.53. The smallest absolute Gasteiger partial charge is 0.203 e. The lowest BCUT2D eigenvalue weighted by Gasteiger charge is -2.35. The number of alkyl halides is 1. The number of hydrogen-bond donors (Lipinski definition) is 0. The highest BCUT2D eigenvalue weighted by Crippen LogP contribution is 2.42. The summed E-state index contributed by atoms with van der Waals surface area (Å²) in [6.07, 6.45) is 6.35. The van der Waals surface area contributed by atoms with E-state index in [0.717, 1.165) is 28.1 Å². The van der Waals surface area contributed by atoms with Gasteiger partial charge in [-0.25, -0.2) is 0 Å². The molecule has 0 bridgehead atoms. The minimum Gasteiger partial charge on any atom is -0.493 e. The van der Waals surface area contributed by atoms with E-state index in [0.29, 0.717) is 6.61 Å². The van der Waals surface area contributed by atoms with Gasteiger partial charge >= 0.3 is 0 Å². The number of rotatable bonds is 6. The lowest BCUT2D eigenvalue weighted by Crippen LogP contribution is -2.32. The van der Waals surface area contributed by atoms with Crippen molar-refractivity contribution in [2.75, 3.05) is 26.2 Å². The van der Waals surface area contributed by atoms with Gasteiger partial charge in [0.25, 0.3) is 0 Å². The number of aryl methyl sites for hydroxylation is 1. The summed E-state index contributed by atoms with van der Waals surface area (Å²) >= 11 is 3.68. The van der Waals surface area contributed by atoms with E-state index >= 15 is 0 Å². The zero-order valence-electron chi connectivity index (χ0n) is 13.2. The lowest BCUT2D eigenvalue weighted by molar-refractivity contribution is 0.116. The Hall–Kier alpha value is -0.900. The van der Waals surface area contributed by atoms with Crippen molar-refractivity contribution in [3.05, 3.63) is 17.7 Å². The quantitative estimate of drug-likeness (QED) is 0.689. The predicted octanol–water partition coefficient (Wildman–Crippen LogP) is 4.74. The third-order valence-corrected chi connectivity index (χ3v) is 5.51. The van der Waals surface area contributed by atoms with E-state index in [1.54, 1.807) is 14.2 Å². The highest BCUT2D eigenvalue weighted by atomic mass is 79.9. The highest BCUT2D eigenvalue weighted by Gasteiger charge is 2.32. The van der Waals surface area contributed by atoms with Crippen LogP contribution in [0, 0.1) is 12.3 Å². The second kappa shape index (κ2) is 7.39. The van der Waals surface area contributed by atoms with E-state index in [2.05, 4.69) is 15.9 Å². The molecule has 0 radical (unpaired) electrons. The fourth-order valence-electron chi connectivity index (χ4n) is 3.00. The van der Waals surface area contributed by atoms with Crippen molar-refractivity contribution in [3.63, 3.8) is 0 Å². The second-order valence-electron chi connectivity index (χ2n) is 5.98. The summed E-state index contributed by atoms with van der Waals surface area (Å²) in [5, 5.41) is 0.983. The summed E-state index contributed by atoms with van der Waals surface area (Å²) in [6.45, 7) is 2.73. The van der Waals surface area contributed by atoms with Gasteiger partial charge in [-0.1, -0.05) is 35.2 Å². The molecule has 21 heavy (non-hydrogen) atoms. The Labute approximate surface area is 136 Å². The molecule has 118 valence electrons. The van der Waals surface area contributed by atoms with Gasteiger partial charge in [0, 0.05) is 10.7 Å². The molecule has 1 aromatic carbocycles. The summed E-state index contributed by atoms with van der Waals surface area (Å²) in [6, 6.07) is 3.97. The number of benzene rings is 1. The first-order valence-corrected chi connectivity index (χ1v) is 8.68. The van der Waals surface area contributed by atoms with Crippen molar-refractivity contribution < 1.29 is 14.2 Å². The topological polar surface area (TPSA) is 27.7 Å². The van der Waals surface area contributed by atoms with Gasteiger partial charge in [-0.05, 0) is 37.5 Å². The molecule has 0 heterocycles.